The first-order valence-corrected chi connectivity index (χ1v) is 8.67. The second-order valence-corrected chi connectivity index (χ2v) is 6.94. The standard InChI is InChI=1S/C17H22N6O2/c1-11(2)23-10-18-20-16(23)14-4-3-5-15(19-14)22-7-6-21(17(22)25)12-8-13(24)9-12/h3-5,10-13,24H,6-9H2,1-2H3. The Hall–Kier alpha value is -2.48. The van der Waals surface area contributed by atoms with Gasteiger partial charge >= 0.3 is 6.03 Å². The molecule has 2 aliphatic rings. The third-order valence-corrected chi connectivity index (χ3v) is 4.94. The Morgan fingerprint density at radius 2 is 2.04 bits per heavy atom. The number of hydrogen-bond donors (Lipinski definition) is 1. The van der Waals surface area contributed by atoms with E-state index in [1.54, 1.807) is 11.2 Å². The molecule has 0 aromatic carbocycles. The average Bonchev–Trinajstić information content (AvgIpc) is 3.19. The predicted molar refractivity (Wildman–Crippen MR) is 92.1 cm³/mol. The fourth-order valence-electron chi connectivity index (χ4n) is 3.42. The van der Waals surface area contributed by atoms with Gasteiger partial charge in [0.25, 0.3) is 0 Å². The highest BCUT2D eigenvalue weighted by Crippen LogP contribution is 2.30. The maximum Gasteiger partial charge on any atom is 0.326 e. The van der Waals surface area contributed by atoms with Crippen molar-refractivity contribution in [3.63, 3.8) is 0 Å². The lowest BCUT2D eigenvalue weighted by Gasteiger charge is -2.38. The largest absolute Gasteiger partial charge is 0.393 e. The third kappa shape index (κ3) is 2.76. The van der Waals surface area contributed by atoms with Crippen LogP contribution >= 0.6 is 0 Å². The molecule has 2 aromatic rings. The quantitative estimate of drug-likeness (QED) is 0.913. The maximum atomic E-state index is 12.7. The SMILES string of the molecule is CC(C)n1cnnc1-c1cccc(N2CCN(C3CC(O)C3)C2=O)n1. The molecular weight excluding hydrogens is 320 g/mol. The number of aliphatic hydroxyl groups is 1. The van der Waals surface area contributed by atoms with Crippen molar-refractivity contribution in [1.82, 2.24) is 24.6 Å². The van der Waals surface area contributed by atoms with Gasteiger partial charge in [0, 0.05) is 25.2 Å². The highest BCUT2D eigenvalue weighted by Gasteiger charge is 2.40. The topological polar surface area (TPSA) is 87.4 Å². The van der Waals surface area contributed by atoms with Crippen molar-refractivity contribution in [1.29, 1.82) is 0 Å². The molecule has 2 fully saturated rings. The maximum absolute atomic E-state index is 12.7. The molecule has 0 atom stereocenters. The minimum Gasteiger partial charge on any atom is -0.393 e. The molecule has 1 saturated carbocycles. The molecule has 0 spiro atoms. The minimum atomic E-state index is -0.268. The highest BCUT2D eigenvalue weighted by atomic mass is 16.3. The van der Waals surface area contributed by atoms with Crippen molar-refractivity contribution in [2.75, 3.05) is 18.0 Å². The van der Waals surface area contributed by atoms with Gasteiger partial charge in [0.05, 0.1) is 6.10 Å². The first-order chi connectivity index (χ1) is 12.0. The summed E-state index contributed by atoms with van der Waals surface area (Å²) >= 11 is 0. The van der Waals surface area contributed by atoms with E-state index < -0.39 is 0 Å². The Morgan fingerprint density at radius 1 is 1.24 bits per heavy atom. The lowest BCUT2D eigenvalue weighted by molar-refractivity contribution is 0.0249. The summed E-state index contributed by atoms with van der Waals surface area (Å²) in [5, 5.41) is 17.6. The molecular formula is C17H22N6O2. The van der Waals surface area contributed by atoms with Crippen LogP contribution in [0.3, 0.4) is 0 Å². The normalized spacial score (nSPS) is 23.4. The minimum absolute atomic E-state index is 0.0353. The first-order valence-electron chi connectivity index (χ1n) is 8.67. The molecule has 25 heavy (non-hydrogen) atoms. The average molecular weight is 342 g/mol. The van der Waals surface area contributed by atoms with E-state index in [-0.39, 0.29) is 24.2 Å². The summed E-state index contributed by atoms with van der Waals surface area (Å²) in [7, 11) is 0. The molecule has 8 heteroatoms. The van der Waals surface area contributed by atoms with Gasteiger partial charge in [-0.2, -0.15) is 0 Å². The molecule has 4 rings (SSSR count). The lowest BCUT2D eigenvalue weighted by atomic mass is 9.88. The van der Waals surface area contributed by atoms with Crippen LogP contribution < -0.4 is 4.90 Å². The zero-order valence-electron chi connectivity index (χ0n) is 14.4. The van der Waals surface area contributed by atoms with Gasteiger partial charge in [-0.05, 0) is 38.8 Å². The van der Waals surface area contributed by atoms with Crippen LogP contribution in [0.2, 0.25) is 0 Å². The molecule has 2 amide bonds. The van der Waals surface area contributed by atoms with Crippen LogP contribution in [0, 0.1) is 0 Å². The summed E-state index contributed by atoms with van der Waals surface area (Å²) in [4.78, 5) is 20.9. The van der Waals surface area contributed by atoms with E-state index in [0.717, 1.165) is 0 Å². The van der Waals surface area contributed by atoms with Crippen molar-refractivity contribution in [2.24, 2.45) is 0 Å². The van der Waals surface area contributed by atoms with E-state index in [0.29, 0.717) is 43.3 Å². The number of hydrogen-bond acceptors (Lipinski definition) is 5. The second kappa shape index (κ2) is 6.11. The Bertz CT molecular complexity index is 783. The molecule has 0 bridgehead atoms. The summed E-state index contributed by atoms with van der Waals surface area (Å²) in [5.41, 5.74) is 0.703. The van der Waals surface area contributed by atoms with Crippen molar-refractivity contribution < 1.29 is 9.90 Å². The first kappa shape index (κ1) is 16.0. The van der Waals surface area contributed by atoms with Crippen molar-refractivity contribution in [3.8, 4) is 11.5 Å². The summed E-state index contributed by atoms with van der Waals surface area (Å²) in [6, 6.07) is 5.96. The van der Waals surface area contributed by atoms with Gasteiger partial charge in [-0.3, -0.25) is 4.90 Å². The van der Waals surface area contributed by atoms with Crippen LogP contribution in [0.15, 0.2) is 24.5 Å². The molecule has 132 valence electrons. The van der Waals surface area contributed by atoms with Crippen molar-refractivity contribution in [3.05, 3.63) is 24.5 Å². The summed E-state index contributed by atoms with van der Waals surface area (Å²) in [5.74, 6) is 1.32. The summed E-state index contributed by atoms with van der Waals surface area (Å²) < 4.78 is 1.96. The Balaban J connectivity index is 1.58. The van der Waals surface area contributed by atoms with Gasteiger partial charge in [0.2, 0.25) is 0 Å². The number of rotatable bonds is 4. The molecule has 1 aliphatic carbocycles. The van der Waals surface area contributed by atoms with E-state index in [9.17, 15) is 9.90 Å². The zero-order valence-corrected chi connectivity index (χ0v) is 14.4. The van der Waals surface area contributed by atoms with Crippen LogP contribution in [0.5, 0.6) is 0 Å². The van der Waals surface area contributed by atoms with Gasteiger partial charge in [0.1, 0.15) is 17.8 Å². The number of anilines is 1. The molecule has 1 saturated heterocycles. The van der Waals surface area contributed by atoms with E-state index in [2.05, 4.69) is 29.0 Å². The van der Waals surface area contributed by atoms with Gasteiger partial charge in [-0.25, -0.2) is 9.78 Å². The molecule has 0 unspecified atom stereocenters. The van der Waals surface area contributed by atoms with Crippen LogP contribution in [-0.4, -0.2) is 61.0 Å². The number of carbonyl (C=O) groups is 1. The number of aliphatic hydroxyl groups excluding tert-OH is 1. The van der Waals surface area contributed by atoms with E-state index >= 15 is 0 Å². The summed E-state index contributed by atoms with van der Waals surface area (Å²) in [6.07, 6.45) is 2.77. The Morgan fingerprint density at radius 3 is 2.76 bits per heavy atom. The number of pyridine rings is 1. The molecule has 0 radical (unpaired) electrons. The number of nitrogens with zero attached hydrogens (tertiary/aromatic N) is 6. The third-order valence-electron chi connectivity index (χ3n) is 4.94. The number of urea groups is 1. The van der Waals surface area contributed by atoms with Gasteiger partial charge < -0.3 is 14.6 Å². The van der Waals surface area contributed by atoms with Crippen LogP contribution in [0.4, 0.5) is 10.6 Å². The number of aromatic nitrogens is 4. The van der Waals surface area contributed by atoms with Crippen LogP contribution in [0.25, 0.3) is 11.5 Å². The molecule has 1 aliphatic heterocycles. The highest BCUT2D eigenvalue weighted by molar-refractivity contribution is 5.93. The van der Waals surface area contributed by atoms with Gasteiger partial charge in [-0.1, -0.05) is 6.07 Å². The van der Waals surface area contributed by atoms with Crippen LogP contribution in [-0.2, 0) is 0 Å². The Kier molecular flexibility index (Phi) is 3.91. The van der Waals surface area contributed by atoms with E-state index in [4.69, 9.17) is 0 Å². The van der Waals surface area contributed by atoms with E-state index in [1.807, 2.05) is 27.7 Å². The monoisotopic (exact) mass is 342 g/mol. The zero-order chi connectivity index (χ0) is 17.6. The van der Waals surface area contributed by atoms with Crippen LogP contribution in [0.1, 0.15) is 32.7 Å². The second-order valence-electron chi connectivity index (χ2n) is 6.94. The molecule has 1 N–H and O–H groups in total. The smallest absolute Gasteiger partial charge is 0.326 e. The van der Waals surface area contributed by atoms with Crippen molar-refractivity contribution in [2.45, 2.75) is 44.9 Å². The molecule has 2 aromatic heterocycles. The Labute approximate surface area is 146 Å². The van der Waals surface area contributed by atoms with Crippen molar-refractivity contribution >= 4 is 11.8 Å². The lowest BCUT2D eigenvalue weighted by Crippen LogP contribution is -2.48. The predicted octanol–water partition coefficient (Wildman–Crippen LogP) is 1.69. The number of amides is 2. The van der Waals surface area contributed by atoms with Gasteiger partial charge in [0.15, 0.2) is 5.82 Å². The van der Waals surface area contributed by atoms with Gasteiger partial charge in [-0.15, -0.1) is 10.2 Å². The molecule has 8 nitrogen and oxygen atoms in total. The molecule has 3 heterocycles. The number of carbonyl (C=O) groups excluding carboxylic acids is 1. The fourth-order valence-corrected chi connectivity index (χ4v) is 3.42. The summed E-state index contributed by atoms with van der Waals surface area (Å²) in [6.45, 7) is 5.40. The fraction of sp³-hybridized carbons (Fsp3) is 0.529. The van der Waals surface area contributed by atoms with E-state index in [1.165, 1.54) is 0 Å².